The molecule has 1 aromatic carbocycles. The second-order valence-electron chi connectivity index (χ2n) is 5.09. The zero-order valence-corrected chi connectivity index (χ0v) is 14.9. The topological polar surface area (TPSA) is 54.9 Å². The van der Waals surface area contributed by atoms with Crippen LogP contribution in [-0.4, -0.2) is 15.9 Å². The molecule has 0 aliphatic carbocycles. The molecule has 0 spiro atoms. The van der Waals surface area contributed by atoms with Gasteiger partial charge in [0, 0.05) is 35.2 Å². The van der Waals surface area contributed by atoms with Crippen molar-refractivity contribution in [3.8, 4) is 11.3 Å². The van der Waals surface area contributed by atoms with Crippen molar-refractivity contribution in [3.05, 3.63) is 81.7 Å². The van der Waals surface area contributed by atoms with Gasteiger partial charge in [-0.3, -0.25) is 14.8 Å². The number of pyridine rings is 2. The summed E-state index contributed by atoms with van der Waals surface area (Å²) in [5.41, 5.74) is 3.21. The van der Waals surface area contributed by atoms with Crippen molar-refractivity contribution in [2.24, 2.45) is 0 Å². The molecule has 3 aromatic rings. The number of hydrogen-bond donors (Lipinski definition) is 1. The molecule has 0 bridgehead atoms. The molecular weight excluding hydrogens is 390 g/mol. The Labute approximate surface area is 153 Å². The molecule has 6 heteroatoms. The smallest absolute Gasteiger partial charge is 0.253 e. The van der Waals surface area contributed by atoms with E-state index in [2.05, 4.69) is 31.2 Å². The number of nitrogens with zero attached hydrogens (tertiary/aromatic N) is 2. The molecule has 1 amide bonds. The van der Waals surface area contributed by atoms with Gasteiger partial charge in [0.05, 0.1) is 16.3 Å². The fourth-order valence-corrected chi connectivity index (χ4v) is 2.78. The molecule has 120 valence electrons. The number of rotatable bonds is 4. The van der Waals surface area contributed by atoms with E-state index in [1.165, 1.54) is 0 Å². The summed E-state index contributed by atoms with van der Waals surface area (Å²) < 4.78 is 0.806. The Morgan fingerprint density at radius 1 is 1.08 bits per heavy atom. The summed E-state index contributed by atoms with van der Waals surface area (Å²) in [5, 5.41) is 3.30. The second-order valence-corrected chi connectivity index (χ2v) is 6.41. The number of benzene rings is 1. The van der Waals surface area contributed by atoms with E-state index in [1.807, 2.05) is 24.3 Å². The Morgan fingerprint density at radius 3 is 2.67 bits per heavy atom. The van der Waals surface area contributed by atoms with Crippen LogP contribution in [0, 0.1) is 0 Å². The Bertz CT molecular complexity index is 871. The lowest BCUT2D eigenvalue weighted by atomic mass is 10.1. The fourth-order valence-electron chi connectivity index (χ4n) is 2.21. The molecule has 0 saturated carbocycles. The van der Waals surface area contributed by atoms with E-state index in [0.29, 0.717) is 17.1 Å². The number of nitrogens with one attached hydrogen (secondary N) is 1. The van der Waals surface area contributed by atoms with Gasteiger partial charge in [0.25, 0.3) is 5.91 Å². The number of aromatic nitrogens is 2. The van der Waals surface area contributed by atoms with Gasteiger partial charge in [0.1, 0.15) is 0 Å². The number of carbonyl (C=O) groups excluding carboxylic acids is 1. The predicted molar refractivity (Wildman–Crippen MR) is 97.8 cm³/mol. The third-order valence-electron chi connectivity index (χ3n) is 3.43. The molecule has 0 aliphatic heterocycles. The average molecular weight is 403 g/mol. The highest BCUT2D eigenvalue weighted by molar-refractivity contribution is 9.10. The van der Waals surface area contributed by atoms with Crippen molar-refractivity contribution in [3.63, 3.8) is 0 Å². The molecule has 0 radical (unpaired) electrons. The van der Waals surface area contributed by atoms with Crippen LogP contribution < -0.4 is 5.32 Å². The monoisotopic (exact) mass is 401 g/mol. The standard InChI is InChI=1S/C18H13BrClN3O/c19-14-1-2-16(20)15(10-14)18(24)23-11-12-3-8-22-17(9-12)13-4-6-21-7-5-13/h1-10H,11H2,(H,23,24). The fraction of sp³-hybridized carbons (Fsp3) is 0.0556. The van der Waals surface area contributed by atoms with Gasteiger partial charge in [-0.25, -0.2) is 0 Å². The maximum absolute atomic E-state index is 12.3. The first-order valence-corrected chi connectivity index (χ1v) is 8.39. The summed E-state index contributed by atoms with van der Waals surface area (Å²) in [6, 6.07) is 12.8. The highest BCUT2D eigenvalue weighted by Crippen LogP contribution is 2.21. The third kappa shape index (κ3) is 3.99. The SMILES string of the molecule is O=C(NCc1ccnc(-c2ccncc2)c1)c1cc(Br)ccc1Cl. The molecule has 24 heavy (non-hydrogen) atoms. The molecule has 2 aromatic heterocycles. The number of carbonyl (C=O) groups is 1. The van der Waals surface area contributed by atoms with Crippen LogP contribution in [0.15, 0.2) is 65.5 Å². The lowest BCUT2D eigenvalue weighted by Crippen LogP contribution is -2.23. The van der Waals surface area contributed by atoms with Gasteiger partial charge in [-0.1, -0.05) is 27.5 Å². The molecule has 4 nitrogen and oxygen atoms in total. The summed E-state index contributed by atoms with van der Waals surface area (Å²) >= 11 is 9.42. The Hall–Kier alpha value is -2.24. The minimum Gasteiger partial charge on any atom is -0.348 e. The van der Waals surface area contributed by atoms with Crippen molar-refractivity contribution in [2.45, 2.75) is 6.54 Å². The highest BCUT2D eigenvalue weighted by Gasteiger charge is 2.11. The van der Waals surface area contributed by atoms with Gasteiger partial charge in [-0.05, 0) is 48.0 Å². The molecule has 0 fully saturated rings. The van der Waals surface area contributed by atoms with Gasteiger partial charge < -0.3 is 5.32 Å². The predicted octanol–water partition coefficient (Wildman–Crippen LogP) is 4.49. The molecule has 0 unspecified atom stereocenters. The molecule has 2 heterocycles. The number of halogens is 2. The van der Waals surface area contributed by atoms with Crippen molar-refractivity contribution in [1.29, 1.82) is 0 Å². The summed E-state index contributed by atoms with van der Waals surface area (Å²) in [4.78, 5) is 20.7. The van der Waals surface area contributed by atoms with E-state index in [4.69, 9.17) is 11.6 Å². The maximum atomic E-state index is 12.3. The van der Waals surface area contributed by atoms with Gasteiger partial charge >= 0.3 is 0 Å². The van der Waals surface area contributed by atoms with Crippen molar-refractivity contribution >= 4 is 33.4 Å². The van der Waals surface area contributed by atoms with E-state index < -0.39 is 0 Å². The zero-order valence-electron chi connectivity index (χ0n) is 12.5. The van der Waals surface area contributed by atoms with Gasteiger partial charge in [0.2, 0.25) is 0 Å². The van der Waals surface area contributed by atoms with Crippen LogP contribution in [0.1, 0.15) is 15.9 Å². The highest BCUT2D eigenvalue weighted by atomic mass is 79.9. The van der Waals surface area contributed by atoms with Gasteiger partial charge in [-0.2, -0.15) is 0 Å². The molecule has 0 aliphatic rings. The Morgan fingerprint density at radius 2 is 1.88 bits per heavy atom. The van der Waals surface area contributed by atoms with Crippen LogP contribution in [-0.2, 0) is 6.54 Å². The largest absolute Gasteiger partial charge is 0.348 e. The first-order chi connectivity index (χ1) is 11.6. The van der Waals surface area contributed by atoms with E-state index in [9.17, 15) is 4.79 Å². The van der Waals surface area contributed by atoms with Crippen LogP contribution >= 0.6 is 27.5 Å². The second kappa shape index (κ2) is 7.55. The van der Waals surface area contributed by atoms with E-state index in [1.54, 1.807) is 36.8 Å². The maximum Gasteiger partial charge on any atom is 0.253 e. The van der Waals surface area contributed by atoms with Crippen LogP contribution in [0.25, 0.3) is 11.3 Å². The molecule has 0 atom stereocenters. The lowest BCUT2D eigenvalue weighted by Gasteiger charge is -2.08. The van der Waals surface area contributed by atoms with Gasteiger partial charge in [0.15, 0.2) is 0 Å². The Kier molecular flexibility index (Phi) is 5.23. The summed E-state index contributed by atoms with van der Waals surface area (Å²) in [6.07, 6.45) is 5.17. The van der Waals surface area contributed by atoms with E-state index in [0.717, 1.165) is 21.3 Å². The lowest BCUT2D eigenvalue weighted by molar-refractivity contribution is 0.0951. The minimum atomic E-state index is -0.219. The summed E-state index contributed by atoms with van der Waals surface area (Å²) in [6.45, 7) is 0.391. The van der Waals surface area contributed by atoms with E-state index >= 15 is 0 Å². The quantitative estimate of drug-likeness (QED) is 0.699. The first kappa shape index (κ1) is 16.6. The van der Waals surface area contributed by atoms with Crippen LogP contribution in [0.2, 0.25) is 5.02 Å². The van der Waals surface area contributed by atoms with Crippen molar-refractivity contribution in [1.82, 2.24) is 15.3 Å². The molecular formula is C18H13BrClN3O. The molecule has 0 saturated heterocycles. The Balaban J connectivity index is 1.73. The third-order valence-corrected chi connectivity index (χ3v) is 4.25. The summed E-state index contributed by atoms with van der Waals surface area (Å²) in [5.74, 6) is -0.219. The molecule has 3 rings (SSSR count). The first-order valence-electron chi connectivity index (χ1n) is 7.22. The normalized spacial score (nSPS) is 10.4. The van der Waals surface area contributed by atoms with Crippen LogP contribution in [0.4, 0.5) is 0 Å². The summed E-state index contributed by atoms with van der Waals surface area (Å²) in [7, 11) is 0. The zero-order chi connectivity index (χ0) is 16.9. The molecule has 1 N–H and O–H groups in total. The van der Waals surface area contributed by atoms with Gasteiger partial charge in [-0.15, -0.1) is 0 Å². The van der Waals surface area contributed by atoms with Crippen LogP contribution in [0.3, 0.4) is 0 Å². The van der Waals surface area contributed by atoms with Crippen LogP contribution in [0.5, 0.6) is 0 Å². The number of amides is 1. The van der Waals surface area contributed by atoms with Crippen molar-refractivity contribution < 1.29 is 4.79 Å². The minimum absolute atomic E-state index is 0.219. The number of hydrogen-bond acceptors (Lipinski definition) is 3. The average Bonchev–Trinajstić information content (AvgIpc) is 2.63. The van der Waals surface area contributed by atoms with E-state index in [-0.39, 0.29) is 5.91 Å². The van der Waals surface area contributed by atoms with Crippen molar-refractivity contribution in [2.75, 3.05) is 0 Å².